The fraction of sp³-hybridized carbons (Fsp3) is 0.276. The van der Waals surface area contributed by atoms with Crippen LogP contribution in [0.1, 0.15) is 5.56 Å². The van der Waals surface area contributed by atoms with Crippen LogP contribution in [0.2, 0.25) is 0 Å². The monoisotopic (exact) mass is 517 g/mol. The van der Waals surface area contributed by atoms with Crippen LogP contribution in [0.5, 0.6) is 17.2 Å². The van der Waals surface area contributed by atoms with E-state index in [2.05, 4.69) is 4.98 Å². The number of halogens is 1. The minimum absolute atomic E-state index is 0.0677. The second-order valence-electron chi connectivity index (χ2n) is 8.86. The van der Waals surface area contributed by atoms with Crippen LogP contribution in [0.15, 0.2) is 54.7 Å². The number of hydrogen-bond donors (Lipinski definition) is 0. The molecule has 5 rings (SSSR count). The van der Waals surface area contributed by atoms with E-state index in [-0.39, 0.29) is 5.91 Å². The zero-order valence-electron chi connectivity index (χ0n) is 21.5. The molecule has 196 valence electrons. The molecule has 1 aromatic heterocycles. The van der Waals surface area contributed by atoms with Gasteiger partial charge in [-0.1, -0.05) is 24.3 Å². The number of amides is 1. The molecule has 1 aliphatic rings. The van der Waals surface area contributed by atoms with Gasteiger partial charge in [0, 0.05) is 30.3 Å². The third kappa shape index (κ3) is 5.10. The largest absolute Gasteiger partial charge is 0.493 e. The van der Waals surface area contributed by atoms with Crippen LogP contribution in [-0.4, -0.2) is 68.4 Å². The Balaban J connectivity index is 1.50. The normalized spacial score (nSPS) is 13.4. The number of aromatic nitrogens is 2. The molecule has 0 aliphatic carbocycles. The molecule has 0 saturated carbocycles. The number of morpholine rings is 1. The minimum Gasteiger partial charge on any atom is -0.493 e. The molecule has 3 aromatic carbocycles. The van der Waals surface area contributed by atoms with Crippen molar-refractivity contribution in [3.63, 3.8) is 0 Å². The summed E-state index contributed by atoms with van der Waals surface area (Å²) in [5, 5.41) is 0. The number of carbonyl (C=O) groups is 1. The van der Waals surface area contributed by atoms with Gasteiger partial charge in [0.15, 0.2) is 11.5 Å². The Kier molecular flexibility index (Phi) is 7.37. The fourth-order valence-corrected chi connectivity index (χ4v) is 4.57. The lowest BCUT2D eigenvalue weighted by Crippen LogP contribution is -2.41. The summed E-state index contributed by atoms with van der Waals surface area (Å²) in [6, 6.07) is 13.9. The Morgan fingerprint density at radius 1 is 0.947 bits per heavy atom. The van der Waals surface area contributed by atoms with Crippen LogP contribution in [-0.2, 0) is 16.0 Å². The summed E-state index contributed by atoms with van der Waals surface area (Å²) in [7, 11) is 4.64. The predicted octanol–water partition coefficient (Wildman–Crippen LogP) is 4.53. The highest BCUT2D eigenvalue weighted by molar-refractivity contribution is 5.93. The van der Waals surface area contributed by atoms with Gasteiger partial charge in [0.05, 0.1) is 63.9 Å². The maximum atomic E-state index is 14.6. The van der Waals surface area contributed by atoms with Gasteiger partial charge in [-0.15, -0.1) is 0 Å². The van der Waals surface area contributed by atoms with Crippen LogP contribution in [0.4, 0.5) is 4.39 Å². The molecular formula is C29H28FN3O5. The summed E-state index contributed by atoms with van der Waals surface area (Å²) in [5.74, 6) is 1.12. The molecule has 0 unspecified atom stereocenters. The van der Waals surface area contributed by atoms with Crippen molar-refractivity contribution >= 4 is 16.9 Å². The number of methoxy groups -OCH3 is 3. The molecule has 0 radical (unpaired) electrons. The molecular weight excluding hydrogens is 489 g/mol. The standard InChI is InChI=1S/C29H28FN3O5/c1-35-25-13-20(14-26(36-2)29(25)37-3)24-17-31-23-16-21(30)15-22(28(23)32-24)19-6-4-18(5-7-19)12-27(34)33-8-10-38-11-9-33/h4-7,13-17H,8-12H2,1-3H3. The molecule has 1 aliphatic heterocycles. The molecule has 0 spiro atoms. The lowest BCUT2D eigenvalue weighted by Gasteiger charge is -2.26. The van der Waals surface area contributed by atoms with Crippen molar-refractivity contribution in [2.24, 2.45) is 0 Å². The SMILES string of the molecule is COc1cc(-c2cnc3cc(F)cc(-c4ccc(CC(=O)N5CCOCC5)cc4)c3n2)cc(OC)c1OC. The van der Waals surface area contributed by atoms with Crippen molar-refractivity contribution in [3.05, 3.63) is 66.1 Å². The molecule has 1 saturated heterocycles. The average Bonchev–Trinajstić information content (AvgIpc) is 2.96. The van der Waals surface area contributed by atoms with E-state index in [1.54, 1.807) is 39.7 Å². The summed E-state index contributed by atoms with van der Waals surface area (Å²) in [5.41, 5.74) is 4.52. The Morgan fingerprint density at radius 2 is 1.63 bits per heavy atom. The third-order valence-corrected chi connectivity index (χ3v) is 6.56. The van der Waals surface area contributed by atoms with Crippen molar-refractivity contribution in [3.8, 4) is 39.6 Å². The highest BCUT2D eigenvalue weighted by Gasteiger charge is 2.19. The number of fused-ring (bicyclic) bond motifs is 1. The summed E-state index contributed by atoms with van der Waals surface area (Å²) >= 11 is 0. The first-order chi connectivity index (χ1) is 18.5. The number of benzene rings is 3. The van der Waals surface area contributed by atoms with E-state index in [1.807, 2.05) is 29.2 Å². The van der Waals surface area contributed by atoms with E-state index >= 15 is 0 Å². The van der Waals surface area contributed by atoms with Gasteiger partial charge in [-0.2, -0.15) is 0 Å². The molecule has 0 atom stereocenters. The van der Waals surface area contributed by atoms with Crippen LogP contribution >= 0.6 is 0 Å². The topological polar surface area (TPSA) is 83.0 Å². The molecule has 0 N–H and O–H groups in total. The van der Waals surface area contributed by atoms with Gasteiger partial charge in [0.1, 0.15) is 5.82 Å². The zero-order chi connectivity index (χ0) is 26.6. The van der Waals surface area contributed by atoms with E-state index in [0.717, 1.165) is 11.1 Å². The summed E-state index contributed by atoms with van der Waals surface area (Å²) in [6.07, 6.45) is 1.89. The van der Waals surface area contributed by atoms with E-state index < -0.39 is 5.82 Å². The van der Waals surface area contributed by atoms with Gasteiger partial charge >= 0.3 is 0 Å². The lowest BCUT2D eigenvalue weighted by molar-refractivity contribution is -0.134. The fourth-order valence-electron chi connectivity index (χ4n) is 4.57. The highest BCUT2D eigenvalue weighted by Crippen LogP contribution is 2.41. The summed E-state index contributed by atoms with van der Waals surface area (Å²) in [6.45, 7) is 2.35. The third-order valence-electron chi connectivity index (χ3n) is 6.56. The minimum atomic E-state index is -0.408. The molecule has 0 bridgehead atoms. The van der Waals surface area contributed by atoms with Crippen molar-refractivity contribution in [1.29, 1.82) is 0 Å². The first kappa shape index (κ1) is 25.4. The molecule has 8 nitrogen and oxygen atoms in total. The Labute approximate surface area is 219 Å². The maximum absolute atomic E-state index is 14.6. The number of ether oxygens (including phenoxy) is 4. The number of nitrogens with zero attached hydrogens (tertiary/aromatic N) is 3. The van der Waals surface area contributed by atoms with E-state index in [1.165, 1.54) is 12.1 Å². The van der Waals surface area contributed by atoms with Gasteiger partial charge < -0.3 is 23.8 Å². The Morgan fingerprint density at radius 3 is 2.26 bits per heavy atom. The average molecular weight is 518 g/mol. The maximum Gasteiger partial charge on any atom is 0.227 e. The summed E-state index contributed by atoms with van der Waals surface area (Å²) < 4.78 is 36.3. The number of hydrogen-bond acceptors (Lipinski definition) is 7. The van der Waals surface area contributed by atoms with Crippen LogP contribution < -0.4 is 14.2 Å². The van der Waals surface area contributed by atoms with Crippen molar-refractivity contribution in [1.82, 2.24) is 14.9 Å². The Hall–Kier alpha value is -4.24. The van der Waals surface area contributed by atoms with Crippen LogP contribution in [0.3, 0.4) is 0 Å². The second kappa shape index (κ2) is 11.0. The first-order valence-electron chi connectivity index (χ1n) is 12.2. The van der Waals surface area contributed by atoms with Crippen molar-refractivity contribution < 1.29 is 28.1 Å². The molecule has 4 aromatic rings. The Bertz CT molecular complexity index is 1440. The number of rotatable bonds is 7. The second-order valence-corrected chi connectivity index (χ2v) is 8.86. The quantitative estimate of drug-likeness (QED) is 0.356. The predicted molar refractivity (Wildman–Crippen MR) is 141 cm³/mol. The van der Waals surface area contributed by atoms with E-state index in [4.69, 9.17) is 23.9 Å². The zero-order valence-corrected chi connectivity index (χ0v) is 21.5. The van der Waals surface area contributed by atoms with Crippen molar-refractivity contribution in [2.45, 2.75) is 6.42 Å². The van der Waals surface area contributed by atoms with E-state index in [9.17, 15) is 9.18 Å². The van der Waals surface area contributed by atoms with Crippen molar-refractivity contribution in [2.75, 3.05) is 47.6 Å². The van der Waals surface area contributed by atoms with E-state index in [0.29, 0.717) is 77.8 Å². The van der Waals surface area contributed by atoms with Gasteiger partial charge in [-0.05, 0) is 29.3 Å². The number of carbonyl (C=O) groups excluding carboxylic acids is 1. The highest BCUT2D eigenvalue weighted by atomic mass is 19.1. The first-order valence-corrected chi connectivity index (χ1v) is 12.2. The molecule has 1 fully saturated rings. The molecule has 2 heterocycles. The van der Waals surface area contributed by atoms with Gasteiger partial charge in [0.25, 0.3) is 0 Å². The van der Waals surface area contributed by atoms with Gasteiger partial charge in [0.2, 0.25) is 11.7 Å². The summed E-state index contributed by atoms with van der Waals surface area (Å²) in [4.78, 5) is 23.8. The van der Waals surface area contributed by atoms with Gasteiger partial charge in [-0.3, -0.25) is 9.78 Å². The molecule has 9 heteroatoms. The van der Waals surface area contributed by atoms with Crippen LogP contribution in [0, 0.1) is 5.82 Å². The smallest absolute Gasteiger partial charge is 0.227 e. The van der Waals surface area contributed by atoms with Crippen LogP contribution in [0.25, 0.3) is 33.4 Å². The lowest BCUT2D eigenvalue weighted by atomic mass is 10.0. The molecule has 1 amide bonds. The van der Waals surface area contributed by atoms with Gasteiger partial charge in [-0.25, -0.2) is 9.37 Å². The molecule has 38 heavy (non-hydrogen) atoms.